The van der Waals surface area contributed by atoms with Gasteiger partial charge in [0.2, 0.25) is 11.8 Å². The van der Waals surface area contributed by atoms with Gasteiger partial charge in [-0.05, 0) is 40.3 Å². The molecule has 1 amide bonds. The number of methoxy groups -OCH3 is 1. The van der Waals surface area contributed by atoms with Crippen molar-refractivity contribution in [1.29, 1.82) is 0 Å². The maximum Gasteiger partial charge on any atom is 0.246 e. The number of hydrogen-bond acceptors (Lipinski definition) is 4. The van der Waals surface area contributed by atoms with E-state index in [9.17, 15) is 4.79 Å². The van der Waals surface area contributed by atoms with Gasteiger partial charge in [0.15, 0.2) is 0 Å². The highest BCUT2D eigenvalue weighted by molar-refractivity contribution is 7.16. The summed E-state index contributed by atoms with van der Waals surface area (Å²) in [5.74, 6) is 0.539. The van der Waals surface area contributed by atoms with Crippen molar-refractivity contribution in [1.82, 2.24) is 9.88 Å². The molecule has 1 aliphatic heterocycles. The van der Waals surface area contributed by atoms with E-state index in [1.54, 1.807) is 7.11 Å². The summed E-state index contributed by atoms with van der Waals surface area (Å²) in [7, 11) is 1.64. The van der Waals surface area contributed by atoms with Gasteiger partial charge < -0.3 is 9.64 Å². The van der Waals surface area contributed by atoms with Crippen LogP contribution in [0.4, 0.5) is 0 Å². The molecule has 4 aromatic rings. The minimum Gasteiger partial charge on any atom is -0.481 e. The Balaban J connectivity index is 1.70. The lowest BCUT2D eigenvalue weighted by molar-refractivity contribution is -0.127. The number of rotatable bonds is 4. The van der Waals surface area contributed by atoms with Crippen LogP contribution in [0.5, 0.6) is 5.88 Å². The number of pyridine rings is 1. The van der Waals surface area contributed by atoms with E-state index >= 15 is 0 Å². The van der Waals surface area contributed by atoms with E-state index in [4.69, 9.17) is 16.3 Å². The number of hydrogen-bond donors (Lipinski definition) is 0. The lowest BCUT2D eigenvalue weighted by atomic mass is 9.83. The van der Waals surface area contributed by atoms with Crippen LogP contribution in [-0.2, 0) is 11.3 Å². The van der Waals surface area contributed by atoms with Crippen molar-refractivity contribution in [3.8, 4) is 17.0 Å². The molecular formula is C26H21ClN2O2S. The first-order valence-corrected chi connectivity index (χ1v) is 11.5. The average molecular weight is 461 g/mol. The Kier molecular flexibility index (Phi) is 5.45. The van der Waals surface area contributed by atoms with Gasteiger partial charge in [-0.15, -0.1) is 11.3 Å². The quantitative estimate of drug-likeness (QED) is 0.336. The van der Waals surface area contributed by atoms with Gasteiger partial charge >= 0.3 is 0 Å². The molecular weight excluding hydrogens is 440 g/mol. The van der Waals surface area contributed by atoms with E-state index in [-0.39, 0.29) is 11.8 Å². The smallest absolute Gasteiger partial charge is 0.246 e. The number of benzene rings is 2. The number of thiophene rings is 1. The number of carbonyl (C=O) groups is 1. The molecule has 0 N–H and O–H groups in total. The summed E-state index contributed by atoms with van der Waals surface area (Å²) in [5.41, 5.74) is 4.45. The number of ether oxygens (including phenoxy) is 1. The molecule has 3 heterocycles. The lowest BCUT2D eigenvalue weighted by Gasteiger charge is -2.33. The zero-order valence-corrected chi connectivity index (χ0v) is 19.1. The van der Waals surface area contributed by atoms with Gasteiger partial charge in [0.1, 0.15) is 0 Å². The van der Waals surface area contributed by atoms with Gasteiger partial charge in [-0.25, -0.2) is 4.98 Å². The van der Waals surface area contributed by atoms with Crippen molar-refractivity contribution >= 4 is 39.6 Å². The van der Waals surface area contributed by atoms with Gasteiger partial charge in [0, 0.05) is 34.5 Å². The first kappa shape index (κ1) is 20.7. The van der Waals surface area contributed by atoms with E-state index in [1.165, 1.54) is 23.0 Å². The third-order valence-corrected chi connectivity index (χ3v) is 7.25. The molecule has 0 saturated carbocycles. The first-order valence-electron chi connectivity index (χ1n) is 10.3. The third-order valence-electron chi connectivity index (χ3n) is 5.99. The topological polar surface area (TPSA) is 42.4 Å². The highest BCUT2D eigenvalue weighted by Gasteiger charge is 2.32. The molecule has 2 aromatic carbocycles. The second-order valence-electron chi connectivity index (χ2n) is 7.72. The second-order valence-corrected chi connectivity index (χ2v) is 9.49. The Hall–Kier alpha value is -3.15. The van der Waals surface area contributed by atoms with Crippen molar-refractivity contribution in [3.63, 3.8) is 0 Å². The number of carbonyl (C=O) groups excluding carboxylic acids is 1. The molecule has 5 rings (SSSR count). The number of nitrogens with zero attached hydrogens (tertiary/aromatic N) is 2. The molecule has 0 saturated heterocycles. The van der Waals surface area contributed by atoms with E-state index in [0.717, 1.165) is 36.7 Å². The normalized spacial score (nSPS) is 15.4. The fourth-order valence-electron chi connectivity index (χ4n) is 4.54. The molecule has 0 bridgehead atoms. The van der Waals surface area contributed by atoms with Gasteiger partial charge in [0.05, 0.1) is 18.0 Å². The SMILES string of the molecule is C=CC(=O)N1Cc2sc(Cl)cc2[C@@H](c2ccccc2-c2cnc(OC)c3ccccc23)C1. The number of amides is 1. The summed E-state index contributed by atoms with van der Waals surface area (Å²) in [5, 5.41) is 2.04. The number of halogens is 1. The highest BCUT2D eigenvalue weighted by atomic mass is 35.5. The van der Waals surface area contributed by atoms with Crippen LogP contribution in [0, 0.1) is 0 Å². The van der Waals surface area contributed by atoms with E-state index in [0.29, 0.717) is 19.0 Å². The minimum atomic E-state index is -0.0702. The van der Waals surface area contributed by atoms with Crippen molar-refractivity contribution in [3.05, 3.63) is 93.8 Å². The van der Waals surface area contributed by atoms with Crippen molar-refractivity contribution in [2.45, 2.75) is 12.5 Å². The van der Waals surface area contributed by atoms with Crippen LogP contribution in [0.3, 0.4) is 0 Å². The van der Waals surface area contributed by atoms with Gasteiger partial charge in [-0.3, -0.25) is 4.79 Å². The molecule has 160 valence electrons. The molecule has 32 heavy (non-hydrogen) atoms. The van der Waals surface area contributed by atoms with Crippen molar-refractivity contribution in [2.24, 2.45) is 0 Å². The largest absolute Gasteiger partial charge is 0.481 e. The molecule has 4 nitrogen and oxygen atoms in total. The summed E-state index contributed by atoms with van der Waals surface area (Å²) in [6.45, 7) is 4.81. The van der Waals surface area contributed by atoms with E-state index < -0.39 is 0 Å². The fraction of sp³-hybridized carbons (Fsp3) is 0.154. The first-order chi connectivity index (χ1) is 15.6. The van der Waals surface area contributed by atoms with E-state index in [1.807, 2.05) is 47.5 Å². The Labute approximate surface area is 195 Å². The summed E-state index contributed by atoms with van der Waals surface area (Å²) < 4.78 is 6.23. The summed E-state index contributed by atoms with van der Waals surface area (Å²) >= 11 is 7.94. The zero-order valence-electron chi connectivity index (χ0n) is 17.5. The van der Waals surface area contributed by atoms with Crippen LogP contribution < -0.4 is 4.74 Å². The minimum absolute atomic E-state index is 0.00321. The molecule has 1 aliphatic rings. The zero-order chi connectivity index (χ0) is 22.2. The predicted molar refractivity (Wildman–Crippen MR) is 131 cm³/mol. The predicted octanol–water partition coefficient (Wildman–Crippen LogP) is 6.29. The van der Waals surface area contributed by atoms with Crippen LogP contribution in [0.15, 0.2) is 73.4 Å². The Morgan fingerprint density at radius 1 is 1.16 bits per heavy atom. The lowest BCUT2D eigenvalue weighted by Crippen LogP contribution is -2.37. The number of fused-ring (bicyclic) bond motifs is 2. The molecule has 0 aliphatic carbocycles. The highest BCUT2D eigenvalue weighted by Crippen LogP contribution is 2.44. The molecule has 2 aromatic heterocycles. The summed E-state index contributed by atoms with van der Waals surface area (Å²) in [6.07, 6.45) is 3.25. The monoisotopic (exact) mass is 460 g/mol. The van der Waals surface area contributed by atoms with Crippen LogP contribution in [0.2, 0.25) is 4.34 Å². The Bertz CT molecular complexity index is 1350. The summed E-state index contributed by atoms with van der Waals surface area (Å²) in [4.78, 5) is 20.1. The fourth-order valence-corrected chi connectivity index (χ4v) is 5.89. The molecule has 0 fully saturated rings. The Morgan fingerprint density at radius 2 is 1.91 bits per heavy atom. The standard InChI is InChI=1S/C26H21ClN2O2S/c1-3-25(30)29-14-22(20-12-24(27)32-23(20)15-29)17-9-5-4-8-16(17)21-13-28-26(31-2)19-11-7-6-10-18(19)21/h3-13,22H,1,14-15H2,2H3/t22-/m1/s1. The summed E-state index contributed by atoms with van der Waals surface area (Å²) in [6, 6.07) is 18.5. The van der Waals surface area contributed by atoms with Crippen LogP contribution in [-0.4, -0.2) is 29.4 Å². The third kappa shape index (κ3) is 3.48. The maximum atomic E-state index is 12.5. The van der Waals surface area contributed by atoms with Crippen molar-refractivity contribution < 1.29 is 9.53 Å². The van der Waals surface area contributed by atoms with Crippen LogP contribution >= 0.6 is 22.9 Å². The second kappa shape index (κ2) is 8.41. The molecule has 0 spiro atoms. The molecule has 0 radical (unpaired) electrons. The van der Waals surface area contributed by atoms with Crippen molar-refractivity contribution in [2.75, 3.05) is 13.7 Å². The number of aromatic nitrogens is 1. The maximum absolute atomic E-state index is 12.5. The van der Waals surface area contributed by atoms with E-state index in [2.05, 4.69) is 29.8 Å². The molecule has 1 atom stereocenters. The molecule has 6 heteroatoms. The average Bonchev–Trinajstić information content (AvgIpc) is 3.22. The van der Waals surface area contributed by atoms with Gasteiger partial charge in [-0.2, -0.15) is 0 Å². The van der Waals surface area contributed by atoms with Crippen LogP contribution in [0.1, 0.15) is 21.9 Å². The Morgan fingerprint density at radius 3 is 2.69 bits per heavy atom. The molecule has 0 unspecified atom stereocenters. The van der Waals surface area contributed by atoms with Crippen LogP contribution in [0.25, 0.3) is 21.9 Å². The van der Waals surface area contributed by atoms with Gasteiger partial charge in [0.25, 0.3) is 0 Å². The van der Waals surface area contributed by atoms with Gasteiger partial charge in [-0.1, -0.05) is 60.6 Å².